The predicted octanol–water partition coefficient (Wildman–Crippen LogP) is 6.02. The monoisotopic (exact) mass is 509 g/mol. The number of carbonyl (C=O) groups is 1. The van der Waals surface area contributed by atoms with E-state index in [1.54, 1.807) is 14.2 Å². The molecule has 0 aliphatic rings. The molecule has 4 rings (SSSR count). The molecule has 0 aliphatic carbocycles. The number of thioether (sulfide) groups is 1. The van der Waals surface area contributed by atoms with Gasteiger partial charge in [0.15, 0.2) is 11.5 Å². The normalized spacial score (nSPS) is 10.4. The lowest BCUT2D eigenvalue weighted by atomic mass is 9.98. The van der Waals surface area contributed by atoms with Crippen LogP contribution in [0.15, 0.2) is 83.9 Å². The molecule has 37 heavy (non-hydrogen) atoms. The Morgan fingerprint density at radius 2 is 1.65 bits per heavy atom. The van der Waals surface area contributed by atoms with Crippen molar-refractivity contribution in [3.8, 4) is 40.0 Å². The standard InChI is InChI=1S/C30H27N3O3S/c1-20-9-11-22(12-10-20)26-16-24(23-13-14-27(35-2)28(15-23)36-3)25(17-31)30(33-26)37-19-29(34)32-18-21-7-5-4-6-8-21/h4-16H,18-19H2,1-3H3,(H,32,34). The van der Waals surface area contributed by atoms with Crippen molar-refractivity contribution in [1.29, 1.82) is 5.26 Å². The highest BCUT2D eigenvalue weighted by atomic mass is 32.2. The van der Waals surface area contributed by atoms with Gasteiger partial charge in [-0.1, -0.05) is 78.0 Å². The van der Waals surface area contributed by atoms with Crippen LogP contribution in [0.4, 0.5) is 0 Å². The molecule has 0 radical (unpaired) electrons. The van der Waals surface area contributed by atoms with Crippen LogP contribution in [0.2, 0.25) is 0 Å². The lowest BCUT2D eigenvalue weighted by molar-refractivity contribution is -0.118. The Morgan fingerprint density at radius 3 is 2.32 bits per heavy atom. The smallest absolute Gasteiger partial charge is 0.230 e. The molecule has 3 aromatic carbocycles. The molecular weight excluding hydrogens is 482 g/mol. The van der Waals surface area contributed by atoms with Crippen molar-refractivity contribution in [2.24, 2.45) is 0 Å². The molecule has 7 heteroatoms. The summed E-state index contributed by atoms with van der Waals surface area (Å²) in [7, 11) is 3.16. The molecule has 186 valence electrons. The number of benzene rings is 3. The molecule has 0 atom stereocenters. The maximum absolute atomic E-state index is 12.6. The minimum absolute atomic E-state index is 0.132. The van der Waals surface area contributed by atoms with Crippen molar-refractivity contribution >= 4 is 17.7 Å². The largest absolute Gasteiger partial charge is 0.493 e. The minimum atomic E-state index is -0.132. The van der Waals surface area contributed by atoms with Crippen molar-refractivity contribution in [2.45, 2.75) is 18.5 Å². The van der Waals surface area contributed by atoms with Gasteiger partial charge in [-0.15, -0.1) is 0 Å². The van der Waals surface area contributed by atoms with Crippen LogP contribution in [-0.2, 0) is 11.3 Å². The van der Waals surface area contributed by atoms with E-state index in [0.29, 0.717) is 34.2 Å². The highest BCUT2D eigenvalue weighted by molar-refractivity contribution is 8.00. The first-order valence-electron chi connectivity index (χ1n) is 11.7. The molecule has 0 bridgehead atoms. The van der Waals surface area contributed by atoms with Gasteiger partial charge in [0.2, 0.25) is 5.91 Å². The van der Waals surface area contributed by atoms with Gasteiger partial charge in [-0.2, -0.15) is 5.26 Å². The fourth-order valence-corrected chi connectivity index (χ4v) is 4.65. The molecule has 1 aromatic heterocycles. The molecule has 4 aromatic rings. The van der Waals surface area contributed by atoms with Gasteiger partial charge in [0.05, 0.1) is 31.2 Å². The van der Waals surface area contributed by atoms with E-state index in [-0.39, 0.29) is 11.7 Å². The number of pyridine rings is 1. The molecule has 1 amide bonds. The summed E-state index contributed by atoms with van der Waals surface area (Å²) in [6.07, 6.45) is 0. The number of hydrogen-bond acceptors (Lipinski definition) is 6. The van der Waals surface area contributed by atoms with Crippen molar-refractivity contribution in [1.82, 2.24) is 10.3 Å². The van der Waals surface area contributed by atoms with Crippen LogP contribution < -0.4 is 14.8 Å². The highest BCUT2D eigenvalue weighted by Crippen LogP contribution is 2.38. The summed E-state index contributed by atoms with van der Waals surface area (Å²) in [5.74, 6) is 1.17. The van der Waals surface area contributed by atoms with Crippen LogP contribution in [-0.4, -0.2) is 30.9 Å². The number of methoxy groups -OCH3 is 2. The van der Waals surface area contributed by atoms with Crippen molar-refractivity contribution in [3.05, 3.63) is 95.6 Å². The Labute approximate surface area is 221 Å². The zero-order valence-corrected chi connectivity index (χ0v) is 21.8. The van der Waals surface area contributed by atoms with Gasteiger partial charge in [-0.05, 0) is 36.2 Å². The maximum atomic E-state index is 12.6. The maximum Gasteiger partial charge on any atom is 0.230 e. The average molecular weight is 510 g/mol. The Bertz CT molecular complexity index is 1430. The van der Waals surface area contributed by atoms with E-state index < -0.39 is 0 Å². The predicted molar refractivity (Wildman–Crippen MR) is 147 cm³/mol. The van der Waals surface area contributed by atoms with E-state index >= 15 is 0 Å². The van der Waals surface area contributed by atoms with Gasteiger partial charge in [0, 0.05) is 17.7 Å². The van der Waals surface area contributed by atoms with Gasteiger partial charge in [-0.25, -0.2) is 4.98 Å². The molecule has 6 nitrogen and oxygen atoms in total. The second-order valence-electron chi connectivity index (χ2n) is 8.33. The highest BCUT2D eigenvalue weighted by Gasteiger charge is 2.18. The fraction of sp³-hybridized carbons (Fsp3) is 0.167. The number of ether oxygens (including phenoxy) is 2. The van der Waals surface area contributed by atoms with Crippen molar-refractivity contribution in [3.63, 3.8) is 0 Å². The summed E-state index contributed by atoms with van der Waals surface area (Å²) in [4.78, 5) is 17.4. The Hall–Kier alpha value is -4.28. The zero-order chi connectivity index (χ0) is 26.2. The quantitative estimate of drug-likeness (QED) is 0.278. The first-order chi connectivity index (χ1) is 18.0. The molecule has 0 saturated carbocycles. The molecule has 0 unspecified atom stereocenters. The van der Waals surface area contributed by atoms with Crippen LogP contribution in [0.5, 0.6) is 11.5 Å². The fourth-order valence-electron chi connectivity index (χ4n) is 3.82. The third-order valence-electron chi connectivity index (χ3n) is 5.81. The number of nitrogens with zero attached hydrogens (tertiary/aromatic N) is 2. The number of carbonyl (C=O) groups excluding carboxylic acids is 1. The van der Waals surface area contributed by atoms with Gasteiger partial charge < -0.3 is 14.8 Å². The van der Waals surface area contributed by atoms with Crippen LogP contribution in [0.3, 0.4) is 0 Å². The van der Waals surface area contributed by atoms with Gasteiger partial charge in [0.1, 0.15) is 11.1 Å². The number of aromatic nitrogens is 1. The summed E-state index contributed by atoms with van der Waals surface area (Å²) in [6.45, 7) is 2.47. The van der Waals surface area contributed by atoms with Gasteiger partial charge in [0.25, 0.3) is 0 Å². The lowest BCUT2D eigenvalue weighted by Crippen LogP contribution is -2.24. The SMILES string of the molecule is COc1ccc(-c2cc(-c3ccc(C)cc3)nc(SCC(=O)NCc3ccccc3)c2C#N)cc1OC. The summed E-state index contributed by atoms with van der Waals surface area (Å²) < 4.78 is 10.9. The Balaban J connectivity index is 1.69. The zero-order valence-electron chi connectivity index (χ0n) is 20.9. The Morgan fingerprint density at radius 1 is 0.946 bits per heavy atom. The van der Waals surface area contributed by atoms with Crippen LogP contribution >= 0.6 is 11.8 Å². The molecule has 0 fully saturated rings. The number of nitriles is 1. The van der Waals surface area contributed by atoms with Gasteiger partial charge in [-0.3, -0.25) is 4.79 Å². The van der Waals surface area contributed by atoms with E-state index in [1.807, 2.05) is 85.8 Å². The lowest BCUT2D eigenvalue weighted by Gasteiger charge is -2.14. The van der Waals surface area contributed by atoms with E-state index in [9.17, 15) is 10.1 Å². The van der Waals surface area contributed by atoms with E-state index in [0.717, 1.165) is 27.9 Å². The van der Waals surface area contributed by atoms with Crippen LogP contribution in [0, 0.1) is 18.3 Å². The summed E-state index contributed by atoms with van der Waals surface area (Å²) >= 11 is 1.25. The summed E-state index contributed by atoms with van der Waals surface area (Å²) in [5.41, 5.74) is 5.71. The molecule has 1 N–H and O–H groups in total. The van der Waals surface area contributed by atoms with E-state index in [1.165, 1.54) is 11.8 Å². The minimum Gasteiger partial charge on any atom is -0.493 e. The number of aryl methyl sites for hydroxylation is 1. The first kappa shape index (κ1) is 25.8. The molecular formula is C30H27N3O3S. The van der Waals surface area contributed by atoms with E-state index in [2.05, 4.69) is 11.4 Å². The molecule has 0 spiro atoms. The van der Waals surface area contributed by atoms with Crippen LogP contribution in [0.1, 0.15) is 16.7 Å². The summed E-state index contributed by atoms with van der Waals surface area (Å²) in [5, 5.41) is 13.6. The van der Waals surface area contributed by atoms with Crippen LogP contribution in [0.25, 0.3) is 22.4 Å². The first-order valence-corrected chi connectivity index (χ1v) is 12.7. The number of rotatable bonds is 9. The summed E-state index contributed by atoms with van der Waals surface area (Å²) in [6, 6.07) is 27.5. The molecule has 0 saturated heterocycles. The van der Waals surface area contributed by atoms with Crippen molar-refractivity contribution < 1.29 is 14.3 Å². The third kappa shape index (κ3) is 6.29. The number of amides is 1. The molecule has 0 aliphatic heterocycles. The second kappa shape index (κ2) is 12.1. The average Bonchev–Trinajstić information content (AvgIpc) is 2.95. The Kier molecular flexibility index (Phi) is 8.44. The second-order valence-corrected chi connectivity index (χ2v) is 9.30. The van der Waals surface area contributed by atoms with Gasteiger partial charge >= 0.3 is 0 Å². The van der Waals surface area contributed by atoms with E-state index in [4.69, 9.17) is 14.5 Å². The number of hydrogen-bond donors (Lipinski definition) is 1. The van der Waals surface area contributed by atoms with Crippen molar-refractivity contribution in [2.75, 3.05) is 20.0 Å². The third-order valence-corrected chi connectivity index (χ3v) is 6.79. The molecule has 1 heterocycles. The number of nitrogens with one attached hydrogen (secondary N) is 1. The topological polar surface area (TPSA) is 84.2 Å².